The summed E-state index contributed by atoms with van der Waals surface area (Å²) in [6, 6.07) is 15.4. The molecule has 3 rings (SSSR count). The number of halogens is 1. The van der Waals surface area contributed by atoms with E-state index in [2.05, 4.69) is 15.5 Å². The first kappa shape index (κ1) is 16.3. The maximum Gasteiger partial charge on any atom is 0.210 e. The molecule has 1 heterocycles. The van der Waals surface area contributed by atoms with E-state index < -0.39 is 0 Å². The van der Waals surface area contributed by atoms with Gasteiger partial charge >= 0.3 is 0 Å². The Morgan fingerprint density at radius 1 is 1.17 bits per heavy atom. The van der Waals surface area contributed by atoms with E-state index in [-0.39, 0.29) is 16.9 Å². The van der Waals surface area contributed by atoms with Crippen LogP contribution in [0.15, 0.2) is 59.8 Å². The molecule has 0 aliphatic carbocycles. The number of nitrogens with zero attached hydrogens (tertiary/aromatic N) is 4. The van der Waals surface area contributed by atoms with Gasteiger partial charge in [-0.05, 0) is 47.2 Å². The Balaban J connectivity index is 1.71. The van der Waals surface area contributed by atoms with Crippen LogP contribution in [-0.2, 0) is 6.54 Å². The second-order valence-electron chi connectivity index (χ2n) is 5.24. The zero-order chi connectivity index (χ0) is 16.9. The Hall–Kier alpha value is -2.54. The lowest BCUT2D eigenvalue weighted by Gasteiger charge is -2.10. The van der Waals surface area contributed by atoms with Crippen LogP contribution >= 0.6 is 11.8 Å². The average molecular weight is 342 g/mol. The lowest BCUT2D eigenvalue weighted by molar-refractivity contribution is 0.0994. The Kier molecular flexibility index (Phi) is 5.00. The fourth-order valence-corrected chi connectivity index (χ4v) is 3.06. The number of tetrazole rings is 1. The minimum Gasteiger partial charge on any atom is -0.293 e. The molecule has 0 amide bonds. The van der Waals surface area contributed by atoms with Crippen LogP contribution in [0.3, 0.4) is 0 Å². The molecule has 2 aromatic carbocycles. The minimum absolute atomic E-state index is 0.0886. The quantitative estimate of drug-likeness (QED) is 0.508. The van der Waals surface area contributed by atoms with Crippen molar-refractivity contribution >= 4 is 17.5 Å². The summed E-state index contributed by atoms with van der Waals surface area (Å²) in [6.45, 7) is 2.32. The van der Waals surface area contributed by atoms with E-state index >= 15 is 0 Å². The van der Waals surface area contributed by atoms with Gasteiger partial charge in [0.1, 0.15) is 5.82 Å². The number of hydrogen-bond acceptors (Lipinski definition) is 5. The van der Waals surface area contributed by atoms with Crippen LogP contribution in [0.25, 0.3) is 0 Å². The first-order valence-electron chi connectivity index (χ1n) is 7.40. The molecule has 24 heavy (non-hydrogen) atoms. The van der Waals surface area contributed by atoms with Gasteiger partial charge in [-0.3, -0.25) is 4.79 Å². The fourth-order valence-electron chi connectivity index (χ4n) is 2.20. The van der Waals surface area contributed by atoms with Crippen LogP contribution in [0.4, 0.5) is 4.39 Å². The number of hydrogen-bond donors (Lipinski definition) is 0. The van der Waals surface area contributed by atoms with Gasteiger partial charge in [-0.15, -0.1) is 5.10 Å². The van der Waals surface area contributed by atoms with E-state index in [1.165, 1.54) is 36.0 Å². The van der Waals surface area contributed by atoms with Crippen LogP contribution < -0.4 is 0 Å². The topological polar surface area (TPSA) is 60.7 Å². The predicted octanol–water partition coefficient (Wildman–Crippen LogP) is 3.22. The number of benzene rings is 2. The van der Waals surface area contributed by atoms with Crippen molar-refractivity contribution < 1.29 is 9.18 Å². The number of aromatic nitrogens is 4. The van der Waals surface area contributed by atoms with Crippen LogP contribution in [0, 0.1) is 5.82 Å². The molecule has 1 unspecified atom stereocenters. The predicted molar refractivity (Wildman–Crippen MR) is 89.4 cm³/mol. The van der Waals surface area contributed by atoms with E-state index in [0.29, 0.717) is 17.3 Å². The van der Waals surface area contributed by atoms with Crippen LogP contribution in [0.1, 0.15) is 22.8 Å². The fraction of sp³-hybridized carbons (Fsp3) is 0.176. The molecule has 0 radical (unpaired) electrons. The Labute approximate surface area is 142 Å². The first-order chi connectivity index (χ1) is 11.6. The third-order valence-electron chi connectivity index (χ3n) is 3.45. The summed E-state index contributed by atoms with van der Waals surface area (Å²) in [4.78, 5) is 12.4. The summed E-state index contributed by atoms with van der Waals surface area (Å²) < 4.78 is 14.6. The molecule has 0 N–H and O–H groups in total. The molecule has 1 aromatic heterocycles. The number of thioether (sulfide) groups is 1. The third-order valence-corrected chi connectivity index (χ3v) is 4.53. The van der Waals surface area contributed by atoms with E-state index in [0.717, 1.165) is 5.56 Å². The van der Waals surface area contributed by atoms with Crippen molar-refractivity contribution in [3.63, 3.8) is 0 Å². The number of carbonyl (C=O) groups is 1. The maximum absolute atomic E-state index is 13.0. The molecule has 3 aromatic rings. The van der Waals surface area contributed by atoms with E-state index in [4.69, 9.17) is 0 Å². The highest BCUT2D eigenvalue weighted by atomic mass is 32.2. The summed E-state index contributed by atoms with van der Waals surface area (Å²) in [7, 11) is 0. The molecule has 0 spiro atoms. The molecule has 0 aliphatic heterocycles. The molecular formula is C17H15FN4OS. The van der Waals surface area contributed by atoms with E-state index in [1.54, 1.807) is 11.6 Å². The van der Waals surface area contributed by atoms with Crippen molar-refractivity contribution in [3.8, 4) is 0 Å². The molecule has 0 fully saturated rings. The summed E-state index contributed by atoms with van der Waals surface area (Å²) in [5.41, 5.74) is 1.54. The van der Waals surface area contributed by atoms with Crippen molar-refractivity contribution in [2.75, 3.05) is 0 Å². The van der Waals surface area contributed by atoms with Gasteiger partial charge in [0.25, 0.3) is 0 Å². The second kappa shape index (κ2) is 7.35. The Morgan fingerprint density at radius 3 is 2.58 bits per heavy atom. The van der Waals surface area contributed by atoms with Gasteiger partial charge in [0, 0.05) is 5.56 Å². The molecule has 7 heteroatoms. The van der Waals surface area contributed by atoms with Gasteiger partial charge in [0.05, 0.1) is 11.8 Å². The molecule has 122 valence electrons. The Bertz CT molecular complexity index is 820. The normalized spacial score (nSPS) is 12.1. The first-order valence-corrected chi connectivity index (χ1v) is 8.28. The highest BCUT2D eigenvalue weighted by Crippen LogP contribution is 2.24. The highest BCUT2D eigenvalue weighted by molar-refractivity contribution is 8.00. The average Bonchev–Trinajstić information content (AvgIpc) is 3.02. The van der Waals surface area contributed by atoms with Gasteiger partial charge in [0.15, 0.2) is 5.78 Å². The summed E-state index contributed by atoms with van der Waals surface area (Å²) in [5.74, 6) is -0.451. The van der Waals surface area contributed by atoms with Crippen molar-refractivity contribution in [3.05, 3.63) is 71.5 Å². The van der Waals surface area contributed by atoms with E-state index in [1.807, 2.05) is 30.3 Å². The van der Waals surface area contributed by atoms with Crippen molar-refractivity contribution in [2.24, 2.45) is 0 Å². The molecule has 0 bridgehead atoms. The molecule has 1 atom stereocenters. The number of ketones is 1. The molecule has 0 saturated heterocycles. The summed E-state index contributed by atoms with van der Waals surface area (Å²) >= 11 is 1.29. The van der Waals surface area contributed by atoms with Gasteiger partial charge < -0.3 is 0 Å². The number of carbonyl (C=O) groups excluding carboxylic acids is 1. The summed E-state index contributed by atoms with van der Waals surface area (Å²) in [6.07, 6.45) is 0. The summed E-state index contributed by atoms with van der Waals surface area (Å²) in [5, 5.41) is 11.9. The zero-order valence-electron chi connectivity index (χ0n) is 13.0. The largest absolute Gasteiger partial charge is 0.293 e. The van der Waals surface area contributed by atoms with Crippen LogP contribution in [0.5, 0.6) is 0 Å². The van der Waals surface area contributed by atoms with Crippen molar-refractivity contribution in [2.45, 2.75) is 23.9 Å². The standard InChI is InChI=1S/C17H15FN4OS/c1-12(16(23)14-7-9-15(18)10-8-14)24-17-19-20-21-22(17)11-13-5-3-2-4-6-13/h2-10,12H,11H2,1H3. The number of rotatable bonds is 6. The third kappa shape index (κ3) is 3.86. The lowest BCUT2D eigenvalue weighted by atomic mass is 10.1. The zero-order valence-corrected chi connectivity index (χ0v) is 13.8. The maximum atomic E-state index is 13.0. The highest BCUT2D eigenvalue weighted by Gasteiger charge is 2.20. The Morgan fingerprint density at radius 2 is 1.88 bits per heavy atom. The lowest BCUT2D eigenvalue weighted by Crippen LogP contribution is -2.15. The monoisotopic (exact) mass is 342 g/mol. The van der Waals surface area contributed by atoms with Crippen molar-refractivity contribution in [1.82, 2.24) is 20.2 Å². The second-order valence-corrected chi connectivity index (χ2v) is 6.54. The van der Waals surface area contributed by atoms with Gasteiger partial charge in [-0.25, -0.2) is 9.07 Å². The van der Waals surface area contributed by atoms with Gasteiger partial charge in [0.2, 0.25) is 5.16 Å². The van der Waals surface area contributed by atoms with E-state index in [9.17, 15) is 9.18 Å². The van der Waals surface area contributed by atoms with Crippen LogP contribution in [-0.4, -0.2) is 31.2 Å². The molecule has 5 nitrogen and oxygen atoms in total. The van der Waals surface area contributed by atoms with Crippen LogP contribution in [0.2, 0.25) is 0 Å². The molecule has 0 aliphatic rings. The minimum atomic E-state index is -0.379. The van der Waals surface area contributed by atoms with Gasteiger partial charge in [-0.1, -0.05) is 42.1 Å². The van der Waals surface area contributed by atoms with Crippen molar-refractivity contribution in [1.29, 1.82) is 0 Å². The number of Topliss-reactive ketones (excluding diaryl/α,β-unsaturated/α-hetero) is 1. The van der Waals surface area contributed by atoms with Gasteiger partial charge in [-0.2, -0.15) is 0 Å². The molecule has 0 saturated carbocycles. The smallest absolute Gasteiger partial charge is 0.210 e. The SMILES string of the molecule is CC(Sc1nnnn1Cc1ccccc1)C(=O)c1ccc(F)cc1. The molecular weight excluding hydrogens is 327 g/mol.